The van der Waals surface area contributed by atoms with Crippen LogP contribution in [0.2, 0.25) is 5.02 Å². The molecule has 0 aliphatic rings. The third-order valence-corrected chi connectivity index (χ3v) is 4.82. The molecule has 3 rings (SSSR count). The van der Waals surface area contributed by atoms with Gasteiger partial charge in [-0.1, -0.05) is 17.7 Å². The van der Waals surface area contributed by atoms with Gasteiger partial charge in [0.1, 0.15) is 5.75 Å². The van der Waals surface area contributed by atoms with Gasteiger partial charge < -0.3 is 9.84 Å². The maximum Gasteiger partial charge on any atom is 0.313 e. The Hall–Kier alpha value is -2.79. The van der Waals surface area contributed by atoms with Gasteiger partial charge in [-0.15, -0.1) is 0 Å². The molecule has 27 heavy (non-hydrogen) atoms. The van der Waals surface area contributed by atoms with Gasteiger partial charge in [0.2, 0.25) is 0 Å². The molecule has 0 saturated carbocycles. The molecule has 2 aromatic carbocycles. The van der Waals surface area contributed by atoms with E-state index in [9.17, 15) is 14.7 Å². The molecule has 0 saturated heterocycles. The number of nitrogens with zero attached hydrogens (tertiary/aromatic N) is 1. The van der Waals surface area contributed by atoms with E-state index >= 15 is 0 Å². The molecule has 6 heteroatoms. The molecule has 0 fully saturated rings. The zero-order valence-electron chi connectivity index (χ0n) is 15.3. The molecular formula is C21H20ClNO4. The number of carbonyl (C=O) groups is 2. The molecule has 0 aliphatic carbocycles. The standard InChI is InChI=1S/C21H20ClNO4/c1-4-27-21(26)12(2)19-13(3)23(18-9-8-16(24)11-17(18)19)20(25)14-6-5-7-15(22)10-14/h5-12,24H,4H2,1-3H3/t12-/m0/s1. The number of hydrogen-bond donors (Lipinski definition) is 1. The van der Waals surface area contributed by atoms with E-state index in [4.69, 9.17) is 16.3 Å². The quantitative estimate of drug-likeness (QED) is 0.663. The SMILES string of the molecule is CCOC(=O)[C@@H](C)c1c(C)n(C(=O)c2cccc(Cl)c2)c2ccc(O)cc12. The number of hydrogen-bond acceptors (Lipinski definition) is 4. The van der Waals surface area contributed by atoms with Crippen LogP contribution in [0.25, 0.3) is 10.9 Å². The zero-order valence-corrected chi connectivity index (χ0v) is 16.1. The number of carbonyl (C=O) groups excluding carboxylic acids is 2. The fourth-order valence-corrected chi connectivity index (χ4v) is 3.57. The normalized spacial score (nSPS) is 12.1. The summed E-state index contributed by atoms with van der Waals surface area (Å²) < 4.78 is 6.70. The van der Waals surface area contributed by atoms with E-state index in [0.29, 0.717) is 32.7 Å². The fraction of sp³-hybridized carbons (Fsp3) is 0.238. The second-order valence-corrected chi connectivity index (χ2v) is 6.76. The fourth-order valence-electron chi connectivity index (χ4n) is 3.37. The second-order valence-electron chi connectivity index (χ2n) is 6.33. The van der Waals surface area contributed by atoms with E-state index in [0.717, 1.165) is 0 Å². The van der Waals surface area contributed by atoms with E-state index < -0.39 is 5.92 Å². The van der Waals surface area contributed by atoms with Crippen LogP contribution in [-0.4, -0.2) is 28.2 Å². The van der Waals surface area contributed by atoms with Crippen molar-refractivity contribution < 1.29 is 19.4 Å². The molecule has 0 amide bonds. The topological polar surface area (TPSA) is 68.5 Å². The highest BCUT2D eigenvalue weighted by Crippen LogP contribution is 2.35. The summed E-state index contributed by atoms with van der Waals surface area (Å²) in [6.45, 7) is 5.53. The van der Waals surface area contributed by atoms with Gasteiger partial charge in [0.15, 0.2) is 0 Å². The number of fused-ring (bicyclic) bond motifs is 1. The molecule has 0 radical (unpaired) electrons. The number of phenols is 1. The van der Waals surface area contributed by atoms with E-state index in [-0.39, 0.29) is 24.2 Å². The molecule has 1 aromatic heterocycles. The summed E-state index contributed by atoms with van der Waals surface area (Å²) in [5.41, 5.74) is 2.34. The lowest BCUT2D eigenvalue weighted by atomic mass is 9.98. The van der Waals surface area contributed by atoms with Gasteiger partial charge in [0.05, 0.1) is 18.0 Å². The van der Waals surface area contributed by atoms with Gasteiger partial charge in [-0.2, -0.15) is 0 Å². The summed E-state index contributed by atoms with van der Waals surface area (Å²) >= 11 is 6.03. The summed E-state index contributed by atoms with van der Waals surface area (Å²) in [6, 6.07) is 11.5. The Bertz CT molecular complexity index is 1040. The van der Waals surface area contributed by atoms with Gasteiger partial charge >= 0.3 is 5.97 Å². The Kier molecular flexibility index (Phi) is 5.24. The van der Waals surface area contributed by atoms with Gasteiger partial charge in [0.25, 0.3) is 5.91 Å². The molecule has 0 bridgehead atoms. The van der Waals surface area contributed by atoms with Crippen LogP contribution >= 0.6 is 11.6 Å². The molecule has 140 valence electrons. The molecule has 0 aliphatic heterocycles. The predicted octanol–water partition coefficient (Wildman–Crippen LogP) is 4.66. The maximum atomic E-state index is 13.2. The second kappa shape index (κ2) is 7.45. The third kappa shape index (κ3) is 3.43. The average Bonchev–Trinajstić information content (AvgIpc) is 2.91. The Labute approximate surface area is 162 Å². The van der Waals surface area contributed by atoms with Crippen molar-refractivity contribution in [3.05, 3.63) is 64.3 Å². The highest BCUT2D eigenvalue weighted by atomic mass is 35.5. The zero-order chi connectivity index (χ0) is 19.7. The Balaban J connectivity index is 2.24. The van der Waals surface area contributed by atoms with Crippen molar-refractivity contribution in [2.24, 2.45) is 0 Å². The van der Waals surface area contributed by atoms with Crippen molar-refractivity contribution in [2.45, 2.75) is 26.7 Å². The van der Waals surface area contributed by atoms with Crippen LogP contribution in [0.5, 0.6) is 5.75 Å². The van der Waals surface area contributed by atoms with Crippen molar-refractivity contribution in [3.8, 4) is 5.75 Å². The maximum absolute atomic E-state index is 13.2. The number of aromatic hydroxyl groups is 1. The van der Waals surface area contributed by atoms with Crippen LogP contribution in [0.3, 0.4) is 0 Å². The summed E-state index contributed by atoms with van der Waals surface area (Å²) in [7, 11) is 0. The lowest BCUT2D eigenvalue weighted by molar-refractivity contribution is -0.144. The molecule has 5 nitrogen and oxygen atoms in total. The van der Waals surface area contributed by atoms with Crippen molar-refractivity contribution >= 4 is 34.4 Å². The summed E-state index contributed by atoms with van der Waals surface area (Å²) in [4.78, 5) is 25.5. The minimum absolute atomic E-state index is 0.0622. The van der Waals surface area contributed by atoms with Crippen LogP contribution in [0, 0.1) is 6.92 Å². The van der Waals surface area contributed by atoms with Crippen molar-refractivity contribution in [2.75, 3.05) is 6.61 Å². The Morgan fingerprint density at radius 2 is 1.96 bits per heavy atom. The van der Waals surface area contributed by atoms with Crippen LogP contribution < -0.4 is 0 Å². The first kappa shape index (κ1) is 19.0. The lowest BCUT2D eigenvalue weighted by Crippen LogP contribution is -2.16. The first-order valence-corrected chi connectivity index (χ1v) is 9.03. The lowest BCUT2D eigenvalue weighted by Gasteiger charge is -2.12. The Morgan fingerprint density at radius 1 is 1.22 bits per heavy atom. The molecule has 1 N–H and O–H groups in total. The van der Waals surface area contributed by atoms with Gasteiger partial charge in [-0.25, -0.2) is 0 Å². The summed E-state index contributed by atoms with van der Waals surface area (Å²) in [5.74, 6) is -1.15. The number of esters is 1. The minimum Gasteiger partial charge on any atom is -0.508 e. The number of phenolic OH excluding ortho intramolecular Hbond substituents is 1. The van der Waals surface area contributed by atoms with Crippen molar-refractivity contribution in [1.29, 1.82) is 0 Å². The van der Waals surface area contributed by atoms with Crippen molar-refractivity contribution in [3.63, 3.8) is 0 Å². The molecule has 1 heterocycles. The van der Waals surface area contributed by atoms with Crippen LogP contribution in [-0.2, 0) is 9.53 Å². The van der Waals surface area contributed by atoms with E-state index in [1.54, 1.807) is 61.7 Å². The summed E-state index contributed by atoms with van der Waals surface area (Å²) in [5, 5.41) is 11.1. The minimum atomic E-state index is -0.581. The van der Waals surface area contributed by atoms with E-state index in [1.807, 2.05) is 0 Å². The van der Waals surface area contributed by atoms with Crippen molar-refractivity contribution in [1.82, 2.24) is 4.57 Å². The monoisotopic (exact) mass is 385 g/mol. The van der Waals surface area contributed by atoms with E-state index in [1.165, 1.54) is 6.07 Å². The molecule has 0 spiro atoms. The highest BCUT2D eigenvalue weighted by Gasteiger charge is 2.27. The van der Waals surface area contributed by atoms with Gasteiger partial charge in [0, 0.05) is 21.7 Å². The molecule has 3 aromatic rings. The number of aromatic nitrogens is 1. The van der Waals surface area contributed by atoms with Gasteiger partial charge in [-0.3, -0.25) is 14.2 Å². The number of benzene rings is 2. The third-order valence-electron chi connectivity index (χ3n) is 4.58. The molecule has 1 atom stereocenters. The number of halogens is 1. The first-order valence-electron chi connectivity index (χ1n) is 8.66. The first-order chi connectivity index (χ1) is 12.8. The smallest absolute Gasteiger partial charge is 0.313 e. The number of rotatable bonds is 4. The van der Waals surface area contributed by atoms with Crippen LogP contribution in [0.4, 0.5) is 0 Å². The molecule has 0 unspecified atom stereocenters. The average molecular weight is 386 g/mol. The molecular weight excluding hydrogens is 366 g/mol. The van der Waals surface area contributed by atoms with Gasteiger partial charge in [-0.05, 0) is 62.7 Å². The highest BCUT2D eigenvalue weighted by molar-refractivity contribution is 6.31. The van der Waals surface area contributed by atoms with E-state index in [2.05, 4.69) is 0 Å². The van der Waals surface area contributed by atoms with Crippen LogP contribution in [0.1, 0.15) is 41.4 Å². The largest absolute Gasteiger partial charge is 0.508 e. The number of ether oxygens (including phenoxy) is 1. The van der Waals surface area contributed by atoms with Crippen LogP contribution in [0.15, 0.2) is 42.5 Å². The summed E-state index contributed by atoms with van der Waals surface area (Å²) in [6.07, 6.45) is 0. The Morgan fingerprint density at radius 3 is 2.63 bits per heavy atom. The predicted molar refractivity (Wildman–Crippen MR) is 105 cm³/mol.